The van der Waals surface area contributed by atoms with Gasteiger partial charge in [0.2, 0.25) is 0 Å². The highest BCUT2D eigenvalue weighted by Crippen LogP contribution is 2.27. The molecule has 13 heavy (non-hydrogen) atoms. The van der Waals surface area contributed by atoms with E-state index < -0.39 is 0 Å². The maximum Gasteiger partial charge on any atom is 0.0682 e. The first-order chi connectivity index (χ1) is 6.11. The van der Waals surface area contributed by atoms with Gasteiger partial charge in [0.15, 0.2) is 0 Å². The van der Waals surface area contributed by atoms with Crippen molar-refractivity contribution in [1.29, 1.82) is 0 Å². The van der Waals surface area contributed by atoms with Crippen molar-refractivity contribution >= 4 is 23.4 Å². The maximum absolute atomic E-state index is 8.95. The smallest absolute Gasteiger partial charge is 0.0682 e. The first-order valence-corrected chi connectivity index (χ1v) is 5.44. The van der Waals surface area contributed by atoms with Crippen molar-refractivity contribution in [2.75, 3.05) is 0 Å². The Morgan fingerprint density at radius 2 is 2.08 bits per heavy atom. The molecule has 0 saturated carbocycles. The zero-order valence-corrected chi connectivity index (χ0v) is 9.32. The summed E-state index contributed by atoms with van der Waals surface area (Å²) in [5.41, 5.74) is 0.871. The molecular formula is C10H13ClOS. The van der Waals surface area contributed by atoms with Gasteiger partial charge in [-0.3, -0.25) is 0 Å². The minimum atomic E-state index is 0.0478. The highest BCUT2D eigenvalue weighted by atomic mass is 35.5. The summed E-state index contributed by atoms with van der Waals surface area (Å²) in [6, 6.07) is 5.67. The van der Waals surface area contributed by atoms with Gasteiger partial charge in [-0.1, -0.05) is 25.4 Å². The summed E-state index contributed by atoms with van der Waals surface area (Å²) < 4.78 is 0. The van der Waals surface area contributed by atoms with Crippen LogP contribution in [-0.4, -0.2) is 10.4 Å². The molecule has 0 aliphatic heterocycles. The van der Waals surface area contributed by atoms with Crippen molar-refractivity contribution in [3.05, 3.63) is 28.8 Å². The molecule has 0 saturated heterocycles. The summed E-state index contributed by atoms with van der Waals surface area (Å²) in [7, 11) is 0. The Morgan fingerprint density at radius 3 is 2.62 bits per heavy atom. The van der Waals surface area contributed by atoms with Gasteiger partial charge in [-0.25, -0.2) is 0 Å². The molecule has 0 aliphatic carbocycles. The average molecular weight is 217 g/mol. The van der Waals surface area contributed by atoms with Crippen LogP contribution >= 0.6 is 23.4 Å². The third kappa shape index (κ3) is 3.59. The molecule has 1 aromatic carbocycles. The number of halogens is 1. The van der Waals surface area contributed by atoms with E-state index in [1.54, 1.807) is 17.8 Å². The summed E-state index contributed by atoms with van der Waals surface area (Å²) in [5, 5.41) is 10.2. The normalized spacial score (nSPS) is 10.8. The number of benzene rings is 1. The Morgan fingerprint density at radius 1 is 1.38 bits per heavy atom. The van der Waals surface area contributed by atoms with Gasteiger partial charge in [-0.15, -0.1) is 11.8 Å². The van der Waals surface area contributed by atoms with E-state index in [1.807, 2.05) is 12.1 Å². The molecule has 0 aliphatic rings. The van der Waals surface area contributed by atoms with E-state index in [-0.39, 0.29) is 6.61 Å². The number of rotatable bonds is 3. The zero-order valence-electron chi connectivity index (χ0n) is 7.75. The fourth-order valence-corrected chi connectivity index (χ4v) is 2.33. The second-order valence-corrected chi connectivity index (χ2v) is 5.21. The quantitative estimate of drug-likeness (QED) is 0.783. The highest BCUT2D eigenvalue weighted by Gasteiger charge is 2.01. The van der Waals surface area contributed by atoms with Crippen LogP contribution in [0.1, 0.15) is 19.4 Å². The van der Waals surface area contributed by atoms with Gasteiger partial charge < -0.3 is 5.11 Å². The second-order valence-electron chi connectivity index (χ2n) is 3.12. The van der Waals surface area contributed by atoms with E-state index in [0.717, 1.165) is 10.5 Å². The predicted octanol–water partition coefficient (Wildman–Crippen LogP) is 3.33. The molecule has 0 atom stereocenters. The maximum atomic E-state index is 8.95. The van der Waals surface area contributed by atoms with E-state index in [0.29, 0.717) is 10.3 Å². The van der Waals surface area contributed by atoms with Crippen molar-refractivity contribution in [3.63, 3.8) is 0 Å². The van der Waals surface area contributed by atoms with Crippen molar-refractivity contribution in [2.24, 2.45) is 0 Å². The number of aliphatic hydroxyl groups is 1. The van der Waals surface area contributed by atoms with Crippen molar-refractivity contribution in [3.8, 4) is 0 Å². The van der Waals surface area contributed by atoms with Gasteiger partial charge in [0.05, 0.1) is 6.61 Å². The molecule has 1 aromatic rings. The van der Waals surface area contributed by atoms with Crippen LogP contribution in [-0.2, 0) is 6.61 Å². The van der Waals surface area contributed by atoms with E-state index in [1.165, 1.54) is 0 Å². The van der Waals surface area contributed by atoms with Crippen LogP contribution in [0.4, 0.5) is 0 Å². The minimum Gasteiger partial charge on any atom is -0.392 e. The molecule has 0 radical (unpaired) electrons. The van der Waals surface area contributed by atoms with E-state index >= 15 is 0 Å². The van der Waals surface area contributed by atoms with Crippen LogP contribution < -0.4 is 0 Å². The van der Waals surface area contributed by atoms with Gasteiger partial charge >= 0.3 is 0 Å². The summed E-state index contributed by atoms with van der Waals surface area (Å²) in [6.07, 6.45) is 0. The van der Waals surface area contributed by atoms with Crippen LogP contribution in [0.15, 0.2) is 23.1 Å². The number of hydrogen-bond acceptors (Lipinski definition) is 2. The number of thioether (sulfide) groups is 1. The zero-order chi connectivity index (χ0) is 9.84. The Labute approximate surface area is 88.1 Å². The van der Waals surface area contributed by atoms with Gasteiger partial charge in [-0.2, -0.15) is 0 Å². The summed E-state index contributed by atoms with van der Waals surface area (Å²) >= 11 is 7.63. The molecule has 0 unspecified atom stereocenters. The van der Waals surface area contributed by atoms with Gasteiger partial charge in [0.25, 0.3) is 0 Å². The number of aliphatic hydroxyl groups excluding tert-OH is 1. The van der Waals surface area contributed by atoms with Crippen molar-refractivity contribution in [1.82, 2.24) is 0 Å². The lowest BCUT2D eigenvalue weighted by Crippen LogP contribution is -1.88. The molecule has 3 heteroatoms. The first kappa shape index (κ1) is 10.9. The summed E-state index contributed by atoms with van der Waals surface area (Å²) in [6.45, 7) is 4.31. The molecular weight excluding hydrogens is 204 g/mol. The topological polar surface area (TPSA) is 20.2 Å². The number of hydrogen-bond donors (Lipinski definition) is 1. The SMILES string of the molecule is CC(C)Sc1cc(Cl)cc(CO)c1. The highest BCUT2D eigenvalue weighted by molar-refractivity contribution is 7.99. The first-order valence-electron chi connectivity index (χ1n) is 4.19. The second kappa shape index (κ2) is 4.89. The van der Waals surface area contributed by atoms with Crippen LogP contribution in [0.25, 0.3) is 0 Å². The van der Waals surface area contributed by atoms with Gasteiger partial charge in [0, 0.05) is 15.2 Å². The third-order valence-corrected chi connectivity index (χ3v) is 2.68. The molecule has 1 rings (SSSR count). The standard InChI is InChI=1S/C10H13ClOS/c1-7(2)13-10-4-8(6-12)3-9(11)5-10/h3-5,7,12H,6H2,1-2H3. The third-order valence-electron chi connectivity index (χ3n) is 1.49. The molecule has 0 spiro atoms. The van der Waals surface area contributed by atoms with E-state index in [4.69, 9.17) is 16.7 Å². The van der Waals surface area contributed by atoms with Crippen molar-refractivity contribution in [2.45, 2.75) is 30.6 Å². The van der Waals surface area contributed by atoms with Crippen LogP contribution in [0.2, 0.25) is 5.02 Å². The van der Waals surface area contributed by atoms with E-state index in [9.17, 15) is 0 Å². The minimum absolute atomic E-state index is 0.0478. The predicted molar refractivity (Wildman–Crippen MR) is 58.4 cm³/mol. The average Bonchev–Trinajstić information content (AvgIpc) is 2.01. The van der Waals surface area contributed by atoms with Crippen LogP contribution in [0.3, 0.4) is 0 Å². The lowest BCUT2D eigenvalue weighted by molar-refractivity contribution is 0.281. The van der Waals surface area contributed by atoms with E-state index in [2.05, 4.69) is 13.8 Å². The lowest BCUT2D eigenvalue weighted by atomic mass is 10.2. The molecule has 72 valence electrons. The fraction of sp³-hybridized carbons (Fsp3) is 0.400. The van der Waals surface area contributed by atoms with Crippen molar-refractivity contribution < 1.29 is 5.11 Å². The molecule has 1 N–H and O–H groups in total. The summed E-state index contributed by atoms with van der Waals surface area (Å²) in [4.78, 5) is 1.12. The van der Waals surface area contributed by atoms with Gasteiger partial charge in [0.1, 0.15) is 0 Å². The monoisotopic (exact) mass is 216 g/mol. The molecule has 0 aromatic heterocycles. The van der Waals surface area contributed by atoms with Gasteiger partial charge in [-0.05, 0) is 23.8 Å². The Bertz CT molecular complexity index is 286. The molecule has 0 fully saturated rings. The fourth-order valence-electron chi connectivity index (χ4n) is 1.05. The lowest BCUT2D eigenvalue weighted by Gasteiger charge is -2.06. The Hall–Kier alpha value is -0.180. The molecule has 0 amide bonds. The molecule has 1 nitrogen and oxygen atoms in total. The molecule has 0 heterocycles. The molecule has 0 bridgehead atoms. The Kier molecular flexibility index (Phi) is 4.10. The largest absolute Gasteiger partial charge is 0.392 e. The van der Waals surface area contributed by atoms with Crippen LogP contribution in [0, 0.1) is 0 Å². The Balaban J connectivity index is 2.88. The summed E-state index contributed by atoms with van der Waals surface area (Å²) in [5.74, 6) is 0. The van der Waals surface area contributed by atoms with Crippen LogP contribution in [0.5, 0.6) is 0 Å².